The molecule has 0 heterocycles. The Morgan fingerprint density at radius 1 is 0.317 bits per heavy atom. The summed E-state index contributed by atoms with van der Waals surface area (Å²) in [6, 6.07) is 0. The Bertz CT molecular complexity index is 1150. The summed E-state index contributed by atoms with van der Waals surface area (Å²) in [4.78, 5) is 38.0. The fraction of sp³-hybridized carbons (Fsp3) is 0.772. The molecule has 0 aromatic heterocycles. The smallest absolute Gasteiger partial charge is 0.306 e. The standard InChI is InChI=1S/C57H100O6/c1-4-7-10-13-16-19-22-25-27-28-30-33-36-39-42-45-48-51-57(60)63-54(52-61-55(58)49-46-43-40-37-34-31-24-21-18-15-12-9-6-3)53-62-56(59)50-47-44-41-38-35-32-29-26-23-20-17-14-11-8-5-2/h16-17,19-20,25-27,29-30,33,54H,4-15,18,21-24,28,31-32,34-53H2,1-3H3/b19-16-,20-17-,27-25-,29-26-,33-30-/t54-/m0/s1. The number of unbranched alkanes of at least 4 members (excludes halogenated alkanes) is 27. The average molecular weight is 881 g/mol. The van der Waals surface area contributed by atoms with Crippen molar-refractivity contribution in [3.63, 3.8) is 0 Å². The van der Waals surface area contributed by atoms with Crippen LogP contribution in [0.3, 0.4) is 0 Å². The molecular weight excluding hydrogens is 781 g/mol. The van der Waals surface area contributed by atoms with Crippen LogP contribution in [-0.4, -0.2) is 37.2 Å². The second kappa shape index (κ2) is 51.7. The number of carbonyl (C=O) groups is 3. The normalized spacial score (nSPS) is 12.5. The maximum absolute atomic E-state index is 12.8. The van der Waals surface area contributed by atoms with E-state index >= 15 is 0 Å². The van der Waals surface area contributed by atoms with Crippen molar-refractivity contribution in [3.8, 4) is 0 Å². The zero-order chi connectivity index (χ0) is 45.8. The Balaban J connectivity index is 4.44. The van der Waals surface area contributed by atoms with E-state index in [0.29, 0.717) is 19.3 Å². The molecule has 0 aromatic carbocycles. The molecule has 0 N–H and O–H groups in total. The van der Waals surface area contributed by atoms with E-state index in [0.717, 1.165) is 103 Å². The quantitative estimate of drug-likeness (QED) is 0.0262. The maximum atomic E-state index is 12.8. The van der Waals surface area contributed by atoms with Crippen LogP contribution in [0.5, 0.6) is 0 Å². The lowest BCUT2D eigenvalue weighted by molar-refractivity contribution is -0.167. The SMILES string of the molecule is CCCCC/C=C\C/C=C\C/C=C\CCCCCCC(=O)O[C@H](COC(=O)CCCCCCC/C=C\C/C=C\CCCCC)COC(=O)CCCCCCCCCCCCCCC. The second-order valence-electron chi connectivity index (χ2n) is 17.8. The highest BCUT2D eigenvalue weighted by Gasteiger charge is 2.19. The Kier molecular flexibility index (Phi) is 49.4. The highest BCUT2D eigenvalue weighted by atomic mass is 16.6. The molecule has 0 aliphatic carbocycles. The lowest BCUT2D eigenvalue weighted by atomic mass is 10.0. The molecule has 0 aliphatic rings. The Morgan fingerprint density at radius 2 is 0.571 bits per heavy atom. The van der Waals surface area contributed by atoms with Crippen molar-refractivity contribution in [3.05, 3.63) is 60.8 Å². The predicted molar refractivity (Wildman–Crippen MR) is 270 cm³/mol. The van der Waals surface area contributed by atoms with Crippen molar-refractivity contribution in [2.45, 2.75) is 271 Å². The first-order chi connectivity index (χ1) is 31.0. The Hall–Kier alpha value is -2.89. The lowest BCUT2D eigenvalue weighted by Crippen LogP contribution is -2.30. The molecule has 0 unspecified atom stereocenters. The van der Waals surface area contributed by atoms with Crippen LogP contribution in [0.4, 0.5) is 0 Å². The van der Waals surface area contributed by atoms with Gasteiger partial charge in [-0.1, -0.05) is 216 Å². The third-order valence-electron chi connectivity index (χ3n) is 11.5. The molecule has 0 fully saturated rings. The molecule has 0 bridgehead atoms. The zero-order valence-electron chi connectivity index (χ0n) is 41.6. The maximum Gasteiger partial charge on any atom is 0.306 e. The molecule has 0 aliphatic heterocycles. The number of esters is 3. The van der Waals surface area contributed by atoms with Crippen molar-refractivity contribution in [2.24, 2.45) is 0 Å². The molecule has 0 aromatic rings. The van der Waals surface area contributed by atoms with E-state index in [-0.39, 0.29) is 31.1 Å². The highest BCUT2D eigenvalue weighted by molar-refractivity contribution is 5.71. The summed E-state index contributed by atoms with van der Waals surface area (Å²) in [7, 11) is 0. The van der Waals surface area contributed by atoms with Gasteiger partial charge in [-0.15, -0.1) is 0 Å². The summed E-state index contributed by atoms with van der Waals surface area (Å²) >= 11 is 0. The number of allylic oxidation sites excluding steroid dienone is 10. The van der Waals surface area contributed by atoms with Crippen molar-refractivity contribution >= 4 is 17.9 Å². The molecule has 0 spiro atoms. The van der Waals surface area contributed by atoms with E-state index in [2.05, 4.69) is 81.5 Å². The third kappa shape index (κ3) is 50.0. The molecular formula is C57H100O6. The molecule has 6 heteroatoms. The number of rotatable bonds is 48. The van der Waals surface area contributed by atoms with Crippen molar-refractivity contribution in [2.75, 3.05) is 13.2 Å². The van der Waals surface area contributed by atoms with Crippen LogP contribution in [0.1, 0.15) is 265 Å². The zero-order valence-corrected chi connectivity index (χ0v) is 41.6. The molecule has 0 radical (unpaired) electrons. The first-order valence-corrected chi connectivity index (χ1v) is 26.8. The van der Waals surface area contributed by atoms with Gasteiger partial charge in [0.2, 0.25) is 0 Å². The van der Waals surface area contributed by atoms with Gasteiger partial charge < -0.3 is 14.2 Å². The van der Waals surface area contributed by atoms with Gasteiger partial charge in [0.05, 0.1) is 0 Å². The Morgan fingerprint density at radius 3 is 0.921 bits per heavy atom. The molecule has 6 nitrogen and oxygen atoms in total. The van der Waals surface area contributed by atoms with Gasteiger partial charge in [0.15, 0.2) is 6.10 Å². The lowest BCUT2D eigenvalue weighted by Gasteiger charge is -2.18. The van der Waals surface area contributed by atoms with Crippen LogP contribution in [0.25, 0.3) is 0 Å². The molecule has 0 amide bonds. The van der Waals surface area contributed by atoms with E-state index in [9.17, 15) is 14.4 Å². The van der Waals surface area contributed by atoms with E-state index in [1.807, 2.05) is 0 Å². The van der Waals surface area contributed by atoms with Crippen molar-refractivity contribution in [1.29, 1.82) is 0 Å². The van der Waals surface area contributed by atoms with Crippen LogP contribution in [0, 0.1) is 0 Å². The van der Waals surface area contributed by atoms with Gasteiger partial charge in [0, 0.05) is 19.3 Å². The largest absolute Gasteiger partial charge is 0.462 e. The predicted octanol–water partition coefficient (Wildman–Crippen LogP) is 17.6. The molecule has 63 heavy (non-hydrogen) atoms. The van der Waals surface area contributed by atoms with Gasteiger partial charge in [-0.25, -0.2) is 0 Å². The van der Waals surface area contributed by atoms with Crippen molar-refractivity contribution in [1.82, 2.24) is 0 Å². The van der Waals surface area contributed by atoms with E-state index in [1.54, 1.807) is 0 Å². The fourth-order valence-electron chi connectivity index (χ4n) is 7.42. The summed E-state index contributed by atoms with van der Waals surface area (Å²) in [5, 5.41) is 0. The fourth-order valence-corrected chi connectivity index (χ4v) is 7.42. The van der Waals surface area contributed by atoms with Crippen LogP contribution in [0.15, 0.2) is 60.8 Å². The Labute approximate surface area is 390 Å². The topological polar surface area (TPSA) is 78.9 Å². The number of hydrogen-bond donors (Lipinski definition) is 0. The minimum Gasteiger partial charge on any atom is -0.462 e. The third-order valence-corrected chi connectivity index (χ3v) is 11.5. The summed E-state index contributed by atoms with van der Waals surface area (Å²) < 4.78 is 16.8. The number of carbonyl (C=O) groups excluding carboxylic acids is 3. The minimum atomic E-state index is -0.789. The van der Waals surface area contributed by atoms with E-state index < -0.39 is 6.10 Å². The van der Waals surface area contributed by atoms with Crippen molar-refractivity contribution < 1.29 is 28.6 Å². The first kappa shape index (κ1) is 60.1. The molecule has 0 saturated heterocycles. The van der Waals surface area contributed by atoms with Gasteiger partial charge in [-0.3, -0.25) is 14.4 Å². The van der Waals surface area contributed by atoms with Gasteiger partial charge in [-0.05, 0) is 89.9 Å². The minimum absolute atomic E-state index is 0.0861. The summed E-state index contributed by atoms with van der Waals surface area (Å²) in [5.74, 6) is -0.916. The molecule has 364 valence electrons. The molecule has 0 rings (SSSR count). The summed E-state index contributed by atoms with van der Waals surface area (Å²) in [5.41, 5.74) is 0. The van der Waals surface area contributed by atoms with Crippen LogP contribution in [-0.2, 0) is 28.6 Å². The molecule has 0 saturated carbocycles. The van der Waals surface area contributed by atoms with Crippen LogP contribution < -0.4 is 0 Å². The van der Waals surface area contributed by atoms with Gasteiger partial charge in [-0.2, -0.15) is 0 Å². The van der Waals surface area contributed by atoms with Crippen LogP contribution in [0.2, 0.25) is 0 Å². The highest BCUT2D eigenvalue weighted by Crippen LogP contribution is 2.15. The van der Waals surface area contributed by atoms with Gasteiger partial charge >= 0.3 is 17.9 Å². The summed E-state index contributed by atoms with van der Waals surface area (Å²) in [6.07, 6.45) is 63.4. The number of ether oxygens (including phenoxy) is 3. The summed E-state index contributed by atoms with van der Waals surface area (Å²) in [6.45, 7) is 6.56. The second-order valence-corrected chi connectivity index (χ2v) is 17.8. The van der Waals surface area contributed by atoms with E-state index in [1.165, 1.54) is 122 Å². The van der Waals surface area contributed by atoms with E-state index in [4.69, 9.17) is 14.2 Å². The average Bonchev–Trinajstić information content (AvgIpc) is 3.28. The molecule has 1 atom stereocenters. The van der Waals surface area contributed by atoms with Crippen LogP contribution >= 0.6 is 0 Å². The van der Waals surface area contributed by atoms with Gasteiger partial charge in [0.25, 0.3) is 0 Å². The monoisotopic (exact) mass is 881 g/mol. The number of hydrogen-bond acceptors (Lipinski definition) is 6. The van der Waals surface area contributed by atoms with Gasteiger partial charge in [0.1, 0.15) is 13.2 Å². The first-order valence-electron chi connectivity index (χ1n) is 26.8.